The van der Waals surface area contributed by atoms with E-state index < -0.39 is 0 Å². The zero-order valence-electron chi connectivity index (χ0n) is 13.2. The van der Waals surface area contributed by atoms with E-state index >= 15 is 0 Å². The van der Waals surface area contributed by atoms with Crippen LogP contribution in [0.1, 0.15) is 24.6 Å². The predicted octanol–water partition coefficient (Wildman–Crippen LogP) is 2.43. The Morgan fingerprint density at radius 1 is 1.18 bits per heavy atom. The molecule has 0 spiro atoms. The van der Waals surface area contributed by atoms with Crippen molar-refractivity contribution in [2.45, 2.75) is 32.7 Å². The third kappa shape index (κ3) is 6.29. The molecule has 0 fully saturated rings. The summed E-state index contributed by atoms with van der Waals surface area (Å²) in [5.74, 6) is 0.0502. The molecule has 0 bridgehead atoms. The van der Waals surface area contributed by atoms with Crippen LogP contribution < -0.4 is 9.88 Å². The van der Waals surface area contributed by atoms with Gasteiger partial charge in [0.25, 0.3) is 0 Å². The van der Waals surface area contributed by atoms with Gasteiger partial charge < -0.3 is 9.88 Å². The second-order valence-electron chi connectivity index (χ2n) is 5.29. The first-order valence-corrected chi connectivity index (χ1v) is 7.28. The van der Waals surface area contributed by atoms with Crippen molar-refractivity contribution in [1.82, 2.24) is 5.32 Å². The molecule has 1 atom stereocenters. The van der Waals surface area contributed by atoms with E-state index in [1.54, 1.807) is 0 Å². The Bertz CT molecular complexity index is 587. The Hall–Kier alpha value is -1.19. The molecule has 0 saturated heterocycles. The van der Waals surface area contributed by atoms with Crippen LogP contribution in [-0.2, 0) is 43.9 Å². The van der Waals surface area contributed by atoms with Crippen LogP contribution in [0.3, 0.4) is 0 Å². The average Bonchev–Trinajstić information content (AvgIpc) is 2.47. The van der Waals surface area contributed by atoms with Gasteiger partial charge in [0.15, 0.2) is 0 Å². The summed E-state index contributed by atoms with van der Waals surface area (Å²) in [5, 5.41) is 3.03. The zero-order chi connectivity index (χ0) is 15.1. The van der Waals surface area contributed by atoms with E-state index in [1.807, 2.05) is 67.6 Å². The maximum atomic E-state index is 12.0. The smallest absolute Gasteiger partial charge is 0.218 e. The van der Waals surface area contributed by atoms with Crippen LogP contribution in [0.15, 0.2) is 54.7 Å². The summed E-state index contributed by atoms with van der Waals surface area (Å²) in [6.07, 6.45) is 3.19. The summed E-state index contributed by atoms with van der Waals surface area (Å²) in [4.78, 5) is 12.0. The maximum Gasteiger partial charge on any atom is 0.218 e. The second kappa shape index (κ2) is 9.75. The van der Waals surface area contributed by atoms with Gasteiger partial charge in [-0.2, -0.15) is 0 Å². The Balaban J connectivity index is 0.00000242. The van der Waals surface area contributed by atoms with E-state index in [0.717, 1.165) is 12.1 Å². The van der Waals surface area contributed by atoms with Crippen molar-refractivity contribution in [2.24, 2.45) is 0 Å². The van der Waals surface area contributed by atoms with Crippen LogP contribution in [0.25, 0.3) is 0 Å². The van der Waals surface area contributed by atoms with Gasteiger partial charge in [-0.1, -0.05) is 48.5 Å². The first kappa shape index (κ1) is 18.9. The Morgan fingerprint density at radius 2 is 1.86 bits per heavy atom. The van der Waals surface area contributed by atoms with E-state index in [0.29, 0.717) is 6.42 Å². The Labute approximate surface area is 158 Å². The number of carbonyl (C=O) groups is 1. The van der Waals surface area contributed by atoms with Crippen LogP contribution in [-0.4, -0.2) is 11.9 Å². The van der Waals surface area contributed by atoms with Gasteiger partial charge in [-0.15, -0.1) is 0 Å². The summed E-state index contributed by atoms with van der Waals surface area (Å²) in [6.45, 7) is 5.96. The van der Waals surface area contributed by atoms with Gasteiger partial charge >= 0.3 is 0 Å². The normalized spacial score (nSPS) is 11.2. The molecule has 0 saturated carbocycles. The van der Waals surface area contributed by atoms with Gasteiger partial charge in [-0.05, 0) is 25.8 Å². The fraction of sp³-hybridized carbons (Fsp3) is 0.278. The molecular formula is C18H22N2OY. The molecule has 2 aromatic rings. The van der Waals surface area contributed by atoms with E-state index in [9.17, 15) is 4.79 Å². The largest absolute Gasteiger partial charge is 0.354 e. The summed E-state index contributed by atoms with van der Waals surface area (Å²) >= 11 is 0. The molecule has 1 N–H and O–H groups in total. The van der Waals surface area contributed by atoms with Crippen LogP contribution in [0, 0.1) is 13.5 Å². The number of pyridine rings is 1. The SMILES string of the molecule is Cc1cccc[n+]1[CH-]CC(=O)N[C@@H](C)Cc1ccccc1.[Y]. The monoisotopic (exact) mass is 371 g/mol. The van der Waals surface area contributed by atoms with Gasteiger partial charge in [0.1, 0.15) is 0 Å². The van der Waals surface area contributed by atoms with Crippen molar-refractivity contribution >= 4 is 5.91 Å². The molecule has 0 aliphatic heterocycles. The van der Waals surface area contributed by atoms with Crippen LogP contribution in [0.2, 0.25) is 0 Å². The maximum absolute atomic E-state index is 12.0. The summed E-state index contributed by atoms with van der Waals surface area (Å²) < 4.78 is 1.97. The molecule has 4 heteroatoms. The molecule has 1 amide bonds. The van der Waals surface area contributed by atoms with Crippen LogP contribution in [0.4, 0.5) is 0 Å². The molecule has 0 aliphatic rings. The zero-order valence-corrected chi connectivity index (χ0v) is 16.0. The van der Waals surface area contributed by atoms with E-state index in [2.05, 4.69) is 17.4 Å². The molecule has 0 aliphatic carbocycles. The summed E-state index contributed by atoms with van der Waals surface area (Å²) in [6, 6.07) is 16.3. The van der Waals surface area contributed by atoms with Gasteiger partial charge in [0.05, 0.1) is 24.9 Å². The molecule has 22 heavy (non-hydrogen) atoms. The molecule has 2 rings (SSSR count). The minimum atomic E-state index is 0. The molecule has 1 aromatic carbocycles. The van der Waals surface area contributed by atoms with Gasteiger partial charge in [-0.3, -0.25) is 4.79 Å². The number of aryl methyl sites for hydroxylation is 1. The number of benzene rings is 1. The second-order valence-corrected chi connectivity index (χ2v) is 5.29. The predicted molar refractivity (Wildman–Crippen MR) is 83.4 cm³/mol. The number of rotatable bonds is 6. The quantitative estimate of drug-likeness (QED) is 0.614. The molecule has 1 heterocycles. The molecule has 1 radical (unpaired) electrons. The fourth-order valence-corrected chi connectivity index (χ4v) is 2.28. The number of hydrogen-bond acceptors (Lipinski definition) is 1. The number of carbonyl (C=O) groups excluding carboxylic acids is 1. The van der Waals surface area contributed by atoms with Gasteiger partial charge in [0, 0.05) is 38.8 Å². The first-order chi connectivity index (χ1) is 10.1. The molecular weight excluding hydrogens is 349 g/mol. The number of aromatic nitrogens is 1. The van der Waals surface area contributed by atoms with Crippen LogP contribution in [0.5, 0.6) is 0 Å². The first-order valence-electron chi connectivity index (χ1n) is 7.28. The Kier molecular flexibility index (Phi) is 8.36. The van der Waals surface area contributed by atoms with Crippen LogP contribution >= 0.6 is 0 Å². The minimum absolute atomic E-state index is 0. The van der Waals surface area contributed by atoms with Crippen molar-refractivity contribution < 1.29 is 42.1 Å². The number of amides is 1. The summed E-state index contributed by atoms with van der Waals surface area (Å²) in [5.41, 5.74) is 2.35. The van der Waals surface area contributed by atoms with E-state index in [1.165, 1.54) is 5.56 Å². The topological polar surface area (TPSA) is 33.0 Å². The van der Waals surface area contributed by atoms with Gasteiger partial charge in [0.2, 0.25) is 5.91 Å². The number of nitrogens with one attached hydrogen (secondary N) is 1. The molecule has 3 nitrogen and oxygen atoms in total. The molecule has 113 valence electrons. The van der Waals surface area contributed by atoms with E-state index in [-0.39, 0.29) is 44.7 Å². The number of nitrogens with zero attached hydrogens (tertiary/aromatic N) is 1. The standard InChI is InChI=1S/C18H22N2O.Y/c1-15(14-17-9-4-3-5-10-17)19-18(21)11-13-20-12-7-6-8-16(20)2;/h3-10,12-13,15H,11,14H2,1-2H3,(H,19,21);/t15-;/m0./s1. The van der Waals surface area contributed by atoms with Crippen molar-refractivity contribution in [3.05, 3.63) is 72.5 Å². The van der Waals surface area contributed by atoms with Crippen molar-refractivity contribution in [1.29, 1.82) is 0 Å². The Morgan fingerprint density at radius 3 is 2.55 bits per heavy atom. The molecule has 1 aromatic heterocycles. The number of hydrogen-bond donors (Lipinski definition) is 1. The third-order valence-electron chi connectivity index (χ3n) is 3.37. The minimum Gasteiger partial charge on any atom is -0.354 e. The van der Waals surface area contributed by atoms with Crippen molar-refractivity contribution in [3.63, 3.8) is 0 Å². The summed E-state index contributed by atoms with van der Waals surface area (Å²) in [7, 11) is 0. The third-order valence-corrected chi connectivity index (χ3v) is 3.37. The van der Waals surface area contributed by atoms with Crippen molar-refractivity contribution in [3.8, 4) is 0 Å². The van der Waals surface area contributed by atoms with Gasteiger partial charge in [-0.25, -0.2) is 0 Å². The fourth-order valence-electron chi connectivity index (χ4n) is 2.28. The average molecular weight is 371 g/mol. The molecule has 0 unspecified atom stereocenters. The van der Waals surface area contributed by atoms with Crippen molar-refractivity contribution in [2.75, 3.05) is 0 Å². The van der Waals surface area contributed by atoms with E-state index in [4.69, 9.17) is 0 Å².